The van der Waals surface area contributed by atoms with Gasteiger partial charge < -0.3 is 15.4 Å². The smallest absolute Gasteiger partial charge is 0.238 e. The molecule has 0 atom stereocenters. The summed E-state index contributed by atoms with van der Waals surface area (Å²) in [7, 11) is 0. The average molecular weight is 261 g/mol. The maximum Gasteiger partial charge on any atom is 0.238 e. The maximum absolute atomic E-state index is 11.5. The Morgan fingerprint density at radius 3 is 3.05 bits per heavy atom. The Morgan fingerprint density at radius 1 is 1.47 bits per heavy atom. The van der Waals surface area contributed by atoms with Crippen LogP contribution in [0.3, 0.4) is 0 Å². The molecule has 0 unspecified atom stereocenters. The van der Waals surface area contributed by atoms with Gasteiger partial charge in [-0.2, -0.15) is 5.26 Å². The van der Waals surface area contributed by atoms with Crippen molar-refractivity contribution in [3.05, 3.63) is 24.3 Å². The minimum Gasteiger partial charge on any atom is -0.493 e. The van der Waals surface area contributed by atoms with E-state index in [1.54, 1.807) is 6.07 Å². The summed E-state index contributed by atoms with van der Waals surface area (Å²) < 4.78 is 5.49. The number of hydrogen-bond acceptors (Lipinski definition) is 4. The SMILES string of the molecule is CCNCC(=O)Nc1cccc(OCCCC#N)c1. The van der Waals surface area contributed by atoms with Crippen molar-refractivity contribution in [1.82, 2.24) is 5.32 Å². The second-order valence-electron chi connectivity index (χ2n) is 3.97. The van der Waals surface area contributed by atoms with Crippen molar-refractivity contribution in [3.8, 4) is 11.8 Å². The number of nitriles is 1. The number of rotatable bonds is 8. The Morgan fingerprint density at radius 2 is 2.32 bits per heavy atom. The summed E-state index contributed by atoms with van der Waals surface area (Å²) in [5.74, 6) is 0.614. The van der Waals surface area contributed by atoms with Crippen LogP contribution in [0.4, 0.5) is 5.69 Å². The number of unbranched alkanes of at least 4 members (excludes halogenated alkanes) is 1. The predicted molar refractivity (Wildman–Crippen MR) is 74.0 cm³/mol. The lowest BCUT2D eigenvalue weighted by Crippen LogP contribution is -2.27. The first-order valence-corrected chi connectivity index (χ1v) is 6.36. The van der Waals surface area contributed by atoms with Crippen LogP contribution in [0.2, 0.25) is 0 Å². The number of ether oxygens (including phenoxy) is 1. The number of anilines is 1. The van der Waals surface area contributed by atoms with Crippen molar-refractivity contribution in [2.75, 3.05) is 25.0 Å². The molecule has 0 saturated heterocycles. The number of carbonyl (C=O) groups is 1. The minimum absolute atomic E-state index is 0.0801. The van der Waals surface area contributed by atoms with Gasteiger partial charge in [0.2, 0.25) is 5.91 Å². The lowest BCUT2D eigenvalue weighted by Gasteiger charge is -2.08. The molecule has 0 bridgehead atoms. The molecule has 1 amide bonds. The van der Waals surface area contributed by atoms with Gasteiger partial charge >= 0.3 is 0 Å². The number of amides is 1. The van der Waals surface area contributed by atoms with Crippen LogP contribution in [0.15, 0.2) is 24.3 Å². The highest BCUT2D eigenvalue weighted by Crippen LogP contribution is 2.17. The van der Waals surface area contributed by atoms with E-state index >= 15 is 0 Å². The molecule has 1 rings (SSSR count). The van der Waals surface area contributed by atoms with E-state index in [1.165, 1.54) is 0 Å². The first kappa shape index (κ1) is 15.0. The molecule has 0 saturated carbocycles. The number of nitrogens with zero attached hydrogens (tertiary/aromatic N) is 1. The highest BCUT2D eigenvalue weighted by molar-refractivity contribution is 5.92. The van der Waals surface area contributed by atoms with Crippen molar-refractivity contribution in [2.45, 2.75) is 19.8 Å². The quantitative estimate of drug-likeness (QED) is 0.701. The van der Waals surface area contributed by atoms with Crippen molar-refractivity contribution in [3.63, 3.8) is 0 Å². The Kier molecular flexibility index (Phi) is 7.06. The molecule has 1 aromatic carbocycles. The van der Waals surface area contributed by atoms with Gasteiger partial charge in [0.25, 0.3) is 0 Å². The average Bonchev–Trinajstić information content (AvgIpc) is 2.42. The van der Waals surface area contributed by atoms with Crippen LogP contribution in [0.5, 0.6) is 5.75 Å². The Balaban J connectivity index is 2.43. The summed E-state index contributed by atoms with van der Waals surface area (Å²) in [6.45, 7) is 3.50. The molecule has 5 heteroatoms. The summed E-state index contributed by atoms with van der Waals surface area (Å²) in [5.41, 5.74) is 0.709. The topological polar surface area (TPSA) is 74.2 Å². The number of nitrogens with one attached hydrogen (secondary N) is 2. The first-order chi connectivity index (χ1) is 9.26. The molecule has 0 aliphatic carbocycles. The maximum atomic E-state index is 11.5. The molecule has 1 aromatic rings. The summed E-state index contributed by atoms with van der Waals surface area (Å²) in [6, 6.07) is 9.30. The molecule has 0 aliphatic rings. The van der Waals surface area contributed by atoms with Gasteiger partial charge in [-0.3, -0.25) is 4.79 Å². The van der Waals surface area contributed by atoms with Crippen LogP contribution in [0.25, 0.3) is 0 Å². The highest BCUT2D eigenvalue weighted by atomic mass is 16.5. The van der Waals surface area contributed by atoms with Crippen LogP contribution >= 0.6 is 0 Å². The Bertz CT molecular complexity index is 441. The molecule has 0 fully saturated rings. The van der Waals surface area contributed by atoms with E-state index in [4.69, 9.17) is 10.00 Å². The molecule has 0 aliphatic heterocycles. The van der Waals surface area contributed by atoms with E-state index in [0.29, 0.717) is 37.4 Å². The normalized spacial score (nSPS) is 9.68. The van der Waals surface area contributed by atoms with Gasteiger partial charge in [0.05, 0.1) is 19.2 Å². The molecule has 2 N–H and O–H groups in total. The van der Waals surface area contributed by atoms with E-state index < -0.39 is 0 Å². The van der Waals surface area contributed by atoms with E-state index in [9.17, 15) is 4.79 Å². The van der Waals surface area contributed by atoms with Crippen LogP contribution < -0.4 is 15.4 Å². The van der Waals surface area contributed by atoms with E-state index in [2.05, 4.69) is 16.7 Å². The third kappa shape index (κ3) is 6.43. The molecular formula is C14H19N3O2. The number of carbonyl (C=O) groups excluding carboxylic acids is 1. The molecule has 0 spiro atoms. The molecule has 0 heterocycles. The molecule has 19 heavy (non-hydrogen) atoms. The third-order valence-electron chi connectivity index (χ3n) is 2.35. The van der Waals surface area contributed by atoms with E-state index in [-0.39, 0.29) is 5.91 Å². The summed E-state index contributed by atoms with van der Waals surface area (Å²) in [6.07, 6.45) is 1.19. The molecule has 5 nitrogen and oxygen atoms in total. The van der Waals surface area contributed by atoms with Crippen LogP contribution in [-0.2, 0) is 4.79 Å². The van der Waals surface area contributed by atoms with E-state index in [1.807, 2.05) is 25.1 Å². The van der Waals surface area contributed by atoms with Crippen molar-refractivity contribution >= 4 is 11.6 Å². The zero-order chi connectivity index (χ0) is 13.9. The van der Waals surface area contributed by atoms with Crippen LogP contribution in [0.1, 0.15) is 19.8 Å². The van der Waals surface area contributed by atoms with Crippen molar-refractivity contribution in [2.24, 2.45) is 0 Å². The molecule has 0 aromatic heterocycles. The zero-order valence-corrected chi connectivity index (χ0v) is 11.1. The second-order valence-corrected chi connectivity index (χ2v) is 3.97. The molecule has 0 radical (unpaired) electrons. The van der Waals surface area contributed by atoms with Gasteiger partial charge in [-0.1, -0.05) is 13.0 Å². The lowest BCUT2D eigenvalue weighted by atomic mass is 10.3. The third-order valence-corrected chi connectivity index (χ3v) is 2.35. The largest absolute Gasteiger partial charge is 0.493 e. The summed E-state index contributed by atoms with van der Waals surface area (Å²) >= 11 is 0. The minimum atomic E-state index is -0.0801. The van der Waals surface area contributed by atoms with Crippen molar-refractivity contribution in [1.29, 1.82) is 5.26 Å². The van der Waals surface area contributed by atoms with Gasteiger partial charge in [-0.25, -0.2) is 0 Å². The number of benzene rings is 1. The fourth-order valence-corrected chi connectivity index (χ4v) is 1.45. The lowest BCUT2D eigenvalue weighted by molar-refractivity contribution is -0.115. The fraction of sp³-hybridized carbons (Fsp3) is 0.429. The summed E-state index contributed by atoms with van der Waals surface area (Å²) in [5, 5.41) is 14.2. The van der Waals surface area contributed by atoms with Crippen molar-refractivity contribution < 1.29 is 9.53 Å². The standard InChI is InChI=1S/C14H19N3O2/c1-2-16-11-14(18)17-12-6-5-7-13(10-12)19-9-4-3-8-15/h5-7,10,16H,2-4,9,11H2,1H3,(H,17,18). The molecule has 102 valence electrons. The fourth-order valence-electron chi connectivity index (χ4n) is 1.45. The van der Waals surface area contributed by atoms with Gasteiger partial charge in [0.15, 0.2) is 0 Å². The Hall–Kier alpha value is -2.06. The summed E-state index contributed by atoms with van der Waals surface area (Å²) in [4.78, 5) is 11.5. The first-order valence-electron chi connectivity index (χ1n) is 6.36. The molecular weight excluding hydrogens is 242 g/mol. The number of likely N-dealkylation sites (N-methyl/N-ethyl adjacent to an activating group) is 1. The van der Waals surface area contributed by atoms with Gasteiger partial charge in [-0.05, 0) is 25.1 Å². The highest BCUT2D eigenvalue weighted by Gasteiger charge is 2.02. The van der Waals surface area contributed by atoms with Crippen LogP contribution in [0, 0.1) is 11.3 Å². The van der Waals surface area contributed by atoms with Gasteiger partial charge in [0, 0.05) is 18.2 Å². The monoisotopic (exact) mass is 261 g/mol. The zero-order valence-electron chi connectivity index (χ0n) is 11.1. The van der Waals surface area contributed by atoms with Gasteiger partial charge in [0.1, 0.15) is 5.75 Å². The second kappa shape index (κ2) is 8.95. The van der Waals surface area contributed by atoms with E-state index in [0.717, 1.165) is 6.54 Å². The van der Waals surface area contributed by atoms with Crippen LogP contribution in [-0.4, -0.2) is 25.6 Å². The number of hydrogen-bond donors (Lipinski definition) is 2. The Labute approximate surface area is 113 Å². The predicted octanol–water partition coefficient (Wildman–Crippen LogP) is 1.92. The van der Waals surface area contributed by atoms with Gasteiger partial charge in [-0.15, -0.1) is 0 Å².